The zero-order valence-corrected chi connectivity index (χ0v) is 11.1. The van der Waals surface area contributed by atoms with Crippen LogP contribution in [0.5, 0.6) is 0 Å². The quantitative estimate of drug-likeness (QED) is 0.905. The van der Waals surface area contributed by atoms with Gasteiger partial charge in [0.15, 0.2) is 0 Å². The summed E-state index contributed by atoms with van der Waals surface area (Å²) >= 11 is 0. The molecule has 4 nitrogen and oxygen atoms in total. The van der Waals surface area contributed by atoms with Crippen LogP contribution in [-0.4, -0.2) is 21.0 Å². The number of aromatic nitrogens is 2. The number of carboxylic acids is 1. The number of nitrogens with zero attached hydrogens (tertiary/aromatic N) is 2. The Labute approximate surface area is 117 Å². The molecule has 0 radical (unpaired) electrons. The van der Waals surface area contributed by atoms with Crippen molar-refractivity contribution in [1.82, 2.24) is 9.97 Å². The highest BCUT2D eigenvalue weighted by molar-refractivity contribution is 5.88. The molecule has 1 fully saturated rings. The SMILES string of the molecule is O=C(O)c1cnc(CCc2ccccc2)nc1C1CC1. The van der Waals surface area contributed by atoms with Crippen molar-refractivity contribution in [3.8, 4) is 0 Å². The van der Waals surface area contributed by atoms with Crippen LogP contribution in [0.1, 0.15) is 46.2 Å². The third-order valence-corrected chi connectivity index (χ3v) is 3.54. The van der Waals surface area contributed by atoms with E-state index >= 15 is 0 Å². The standard InChI is InChI=1S/C16H16N2O2/c19-16(20)13-10-17-14(18-15(13)12-7-8-12)9-6-11-4-2-1-3-5-11/h1-5,10,12H,6-9H2,(H,19,20). The highest BCUT2D eigenvalue weighted by atomic mass is 16.4. The number of carboxylic acid groups (broad SMARTS) is 1. The molecule has 0 amide bonds. The van der Waals surface area contributed by atoms with E-state index in [0.717, 1.165) is 37.2 Å². The second-order valence-corrected chi connectivity index (χ2v) is 5.15. The van der Waals surface area contributed by atoms with Crippen molar-refractivity contribution in [2.24, 2.45) is 0 Å². The molecule has 1 aromatic heterocycles. The van der Waals surface area contributed by atoms with Crippen LogP contribution in [0.2, 0.25) is 0 Å². The van der Waals surface area contributed by atoms with Crippen molar-refractivity contribution in [1.29, 1.82) is 0 Å². The Bertz CT molecular complexity index is 622. The van der Waals surface area contributed by atoms with Gasteiger partial charge in [0.1, 0.15) is 5.82 Å². The summed E-state index contributed by atoms with van der Waals surface area (Å²) in [6, 6.07) is 10.2. The van der Waals surface area contributed by atoms with E-state index in [-0.39, 0.29) is 5.56 Å². The van der Waals surface area contributed by atoms with Gasteiger partial charge in [0.2, 0.25) is 0 Å². The van der Waals surface area contributed by atoms with E-state index in [2.05, 4.69) is 22.1 Å². The van der Waals surface area contributed by atoms with Gasteiger partial charge in [-0.25, -0.2) is 14.8 Å². The molecule has 0 spiro atoms. The van der Waals surface area contributed by atoms with E-state index in [0.29, 0.717) is 5.92 Å². The van der Waals surface area contributed by atoms with Gasteiger partial charge in [-0.15, -0.1) is 0 Å². The van der Waals surface area contributed by atoms with E-state index in [1.165, 1.54) is 11.8 Å². The van der Waals surface area contributed by atoms with E-state index in [1.807, 2.05) is 18.2 Å². The molecule has 1 aliphatic carbocycles. The van der Waals surface area contributed by atoms with Crippen molar-refractivity contribution in [3.05, 3.63) is 59.2 Å². The molecule has 0 aliphatic heterocycles. The largest absolute Gasteiger partial charge is 0.478 e. The minimum atomic E-state index is -0.929. The van der Waals surface area contributed by atoms with Gasteiger partial charge in [-0.3, -0.25) is 0 Å². The number of benzene rings is 1. The fourth-order valence-electron chi connectivity index (χ4n) is 2.29. The lowest BCUT2D eigenvalue weighted by Gasteiger charge is -2.06. The lowest BCUT2D eigenvalue weighted by Crippen LogP contribution is -2.09. The van der Waals surface area contributed by atoms with Gasteiger partial charge < -0.3 is 5.11 Å². The molecule has 0 atom stereocenters. The number of rotatable bonds is 5. The first kappa shape index (κ1) is 12.8. The Morgan fingerprint density at radius 2 is 1.95 bits per heavy atom. The molecule has 1 N–H and O–H groups in total. The average molecular weight is 268 g/mol. The molecule has 3 rings (SSSR count). The second-order valence-electron chi connectivity index (χ2n) is 5.15. The maximum atomic E-state index is 11.2. The molecule has 102 valence electrons. The maximum absolute atomic E-state index is 11.2. The molecule has 4 heteroatoms. The number of carbonyl (C=O) groups is 1. The summed E-state index contributed by atoms with van der Waals surface area (Å²) in [5, 5.41) is 9.16. The van der Waals surface area contributed by atoms with Crippen LogP contribution in [0, 0.1) is 0 Å². The Balaban J connectivity index is 1.77. The molecule has 2 aromatic rings. The van der Waals surface area contributed by atoms with Crippen molar-refractivity contribution in [2.45, 2.75) is 31.6 Å². The summed E-state index contributed by atoms with van der Waals surface area (Å²) in [4.78, 5) is 19.8. The van der Waals surface area contributed by atoms with Gasteiger partial charge in [0, 0.05) is 18.5 Å². The average Bonchev–Trinajstić information content (AvgIpc) is 3.30. The highest BCUT2D eigenvalue weighted by Gasteiger charge is 2.30. The predicted octanol–water partition coefficient (Wildman–Crippen LogP) is 2.84. The fraction of sp³-hybridized carbons (Fsp3) is 0.312. The summed E-state index contributed by atoms with van der Waals surface area (Å²) < 4.78 is 0. The van der Waals surface area contributed by atoms with E-state index in [1.54, 1.807) is 0 Å². The monoisotopic (exact) mass is 268 g/mol. The van der Waals surface area contributed by atoms with Crippen molar-refractivity contribution < 1.29 is 9.90 Å². The Morgan fingerprint density at radius 1 is 1.20 bits per heavy atom. The van der Waals surface area contributed by atoms with E-state index < -0.39 is 5.97 Å². The number of aromatic carboxylic acids is 1. The summed E-state index contributed by atoms with van der Waals surface area (Å²) in [5.41, 5.74) is 2.22. The van der Waals surface area contributed by atoms with Crippen molar-refractivity contribution >= 4 is 5.97 Å². The van der Waals surface area contributed by atoms with Crippen LogP contribution < -0.4 is 0 Å². The molecule has 0 bridgehead atoms. The molecule has 0 unspecified atom stereocenters. The third kappa shape index (κ3) is 2.85. The van der Waals surface area contributed by atoms with Gasteiger partial charge in [-0.1, -0.05) is 30.3 Å². The van der Waals surface area contributed by atoms with Gasteiger partial charge in [-0.05, 0) is 24.8 Å². The molecule has 1 aliphatic rings. The lowest BCUT2D eigenvalue weighted by molar-refractivity contribution is 0.0694. The summed E-state index contributed by atoms with van der Waals surface area (Å²) in [6.45, 7) is 0. The first-order valence-corrected chi connectivity index (χ1v) is 6.87. The van der Waals surface area contributed by atoms with Crippen LogP contribution in [0.3, 0.4) is 0 Å². The van der Waals surface area contributed by atoms with Gasteiger partial charge in [0.25, 0.3) is 0 Å². The summed E-state index contributed by atoms with van der Waals surface area (Å²) in [5.74, 6) is 0.127. The van der Waals surface area contributed by atoms with Crippen molar-refractivity contribution in [3.63, 3.8) is 0 Å². The highest BCUT2D eigenvalue weighted by Crippen LogP contribution is 2.40. The first-order chi connectivity index (χ1) is 9.74. The molecular formula is C16H16N2O2. The van der Waals surface area contributed by atoms with Crippen molar-refractivity contribution in [2.75, 3.05) is 0 Å². The number of hydrogen-bond acceptors (Lipinski definition) is 3. The predicted molar refractivity (Wildman–Crippen MR) is 74.8 cm³/mol. The summed E-state index contributed by atoms with van der Waals surface area (Å²) in [7, 11) is 0. The zero-order chi connectivity index (χ0) is 13.9. The van der Waals surface area contributed by atoms with Gasteiger partial charge in [-0.2, -0.15) is 0 Å². The van der Waals surface area contributed by atoms with Crippen LogP contribution >= 0.6 is 0 Å². The minimum absolute atomic E-state index is 0.260. The Morgan fingerprint density at radius 3 is 2.60 bits per heavy atom. The van der Waals surface area contributed by atoms with Crippen LogP contribution in [0.15, 0.2) is 36.5 Å². The van der Waals surface area contributed by atoms with Crippen LogP contribution in [0.4, 0.5) is 0 Å². The van der Waals surface area contributed by atoms with E-state index in [4.69, 9.17) is 5.11 Å². The fourth-order valence-corrected chi connectivity index (χ4v) is 2.29. The summed E-state index contributed by atoms with van der Waals surface area (Å²) in [6.07, 6.45) is 5.15. The first-order valence-electron chi connectivity index (χ1n) is 6.87. The maximum Gasteiger partial charge on any atom is 0.339 e. The molecule has 1 heterocycles. The lowest BCUT2D eigenvalue weighted by atomic mass is 10.1. The van der Waals surface area contributed by atoms with Gasteiger partial charge in [0.05, 0.1) is 11.3 Å². The second kappa shape index (κ2) is 5.41. The topological polar surface area (TPSA) is 63.1 Å². The smallest absolute Gasteiger partial charge is 0.339 e. The number of hydrogen-bond donors (Lipinski definition) is 1. The molecule has 0 saturated heterocycles. The Hall–Kier alpha value is -2.23. The number of aryl methyl sites for hydroxylation is 2. The molecular weight excluding hydrogens is 252 g/mol. The zero-order valence-electron chi connectivity index (χ0n) is 11.1. The third-order valence-electron chi connectivity index (χ3n) is 3.54. The molecule has 20 heavy (non-hydrogen) atoms. The molecule has 1 saturated carbocycles. The van der Waals surface area contributed by atoms with Crippen LogP contribution in [-0.2, 0) is 12.8 Å². The Kier molecular flexibility index (Phi) is 3.46. The minimum Gasteiger partial charge on any atom is -0.478 e. The van der Waals surface area contributed by atoms with Crippen LogP contribution in [0.25, 0.3) is 0 Å². The normalized spacial score (nSPS) is 14.2. The van der Waals surface area contributed by atoms with E-state index in [9.17, 15) is 4.79 Å². The van der Waals surface area contributed by atoms with Gasteiger partial charge >= 0.3 is 5.97 Å². The molecule has 1 aromatic carbocycles.